The molecule has 0 atom stereocenters. The quantitative estimate of drug-likeness (QED) is 0.514. The number of alkyl halides is 3. The van der Waals surface area contributed by atoms with E-state index in [0.717, 1.165) is 7.05 Å². The van der Waals surface area contributed by atoms with E-state index in [1.165, 1.54) is 23.1 Å². The Morgan fingerprint density at radius 2 is 1.95 bits per heavy atom. The van der Waals surface area contributed by atoms with Gasteiger partial charge in [-0.2, -0.15) is 13.2 Å². The van der Waals surface area contributed by atoms with Crippen molar-refractivity contribution in [3.8, 4) is 11.5 Å². The first kappa shape index (κ1) is 26.0. The molecule has 0 aliphatic carbocycles. The lowest BCUT2D eigenvalue weighted by atomic mass is 9.96. The minimum atomic E-state index is -4.53. The summed E-state index contributed by atoms with van der Waals surface area (Å²) in [6, 6.07) is 6.52. The molecule has 0 spiro atoms. The van der Waals surface area contributed by atoms with Crippen LogP contribution in [0.4, 0.5) is 28.2 Å². The molecule has 0 saturated heterocycles. The van der Waals surface area contributed by atoms with Crippen LogP contribution in [0.2, 0.25) is 0 Å². The van der Waals surface area contributed by atoms with Crippen molar-refractivity contribution in [2.24, 2.45) is 0 Å². The number of pyridine rings is 1. The van der Waals surface area contributed by atoms with E-state index in [-0.39, 0.29) is 36.9 Å². The highest BCUT2D eigenvalue weighted by Gasteiger charge is 2.34. The number of hydrogen-bond acceptors (Lipinski definition) is 6. The van der Waals surface area contributed by atoms with Crippen LogP contribution in [0.5, 0.6) is 0 Å². The number of rotatable bonds is 5. The molecule has 10 nitrogen and oxygen atoms in total. The Kier molecular flexibility index (Phi) is 7.09. The molecule has 14 heteroatoms. The van der Waals surface area contributed by atoms with Gasteiger partial charge in [0, 0.05) is 20.1 Å². The molecule has 0 saturated carbocycles. The molecule has 1 aliphatic heterocycles. The van der Waals surface area contributed by atoms with Crippen LogP contribution in [0.15, 0.2) is 30.3 Å². The zero-order valence-electron chi connectivity index (χ0n) is 20.3. The third-order valence-corrected chi connectivity index (χ3v) is 5.76. The number of halogens is 4. The fourth-order valence-corrected chi connectivity index (χ4v) is 4.02. The number of amides is 3. The van der Waals surface area contributed by atoms with Crippen molar-refractivity contribution in [3.05, 3.63) is 52.8 Å². The molecule has 0 radical (unpaired) electrons. The number of carbonyl (C=O) groups excluding carboxylic acids is 2. The highest BCUT2D eigenvalue weighted by atomic mass is 19.4. The summed E-state index contributed by atoms with van der Waals surface area (Å²) in [7, 11) is 1.07. The topological polar surface area (TPSA) is 109 Å². The predicted octanol–water partition coefficient (Wildman–Crippen LogP) is 3.68. The van der Waals surface area contributed by atoms with Gasteiger partial charge in [0.2, 0.25) is 5.82 Å². The molecule has 3 amide bonds. The Labute approximate surface area is 209 Å². The molecule has 2 aromatic heterocycles. The van der Waals surface area contributed by atoms with Gasteiger partial charge in [0.15, 0.2) is 0 Å². The Hall–Kier alpha value is -4.10. The van der Waals surface area contributed by atoms with E-state index >= 15 is 0 Å². The van der Waals surface area contributed by atoms with Crippen molar-refractivity contribution < 1.29 is 27.2 Å². The van der Waals surface area contributed by atoms with Crippen LogP contribution in [-0.4, -0.2) is 73.2 Å². The van der Waals surface area contributed by atoms with E-state index in [4.69, 9.17) is 0 Å². The lowest BCUT2D eigenvalue weighted by Gasteiger charge is -2.33. The predicted molar refractivity (Wildman–Crippen MR) is 124 cm³/mol. The second-order valence-electron chi connectivity index (χ2n) is 8.93. The summed E-state index contributed by atoms with van der Waals surface area (Å²) in [5.41, 5.74) is 1.18. The number of carbonyl (C=O) groups is 2. The summed E-state index contributed by atoms with van der Waals surface area (Å²) >= 11 is 0. The van der Waals surface area contributed by atoms with Gasteiger partial charge in [-0.25, -0.2) is 18.9 Å². The van der Waals surface area contributed by atoms with E-state index in [0.29, 0.717) is 27.5 Å². The van der Waals surface area contributed by atoms with Crippen molar-refractivity contribution in [1.29, 1.82) is 0 Å². The maximum absolute atomic E-state index is 14.8. The number of nitrogens with zero attached hydrogens (tertiary/aromatic N) is 7. The number of fused-ring (bicyclic) bond motifs is 1. The lowest BCUT2D eigenvalue weighted by Crippen LogP contribution is -2.46. The van der Waals surface area contributed by atoms with Gasteiger partial charge >= 0.3 is 12.2 Å². The van der Waals surface area contributed by atoms with Crippen molar-refractivity contribution >= 4 is 17.8 Å². The van der Waals surface area contributed by atoms with Crippen LogP contribution in [0.1, 0.15) is 41.4 Å². The van der Waals surface area contributed by atoms with E-state index in [2.05, 4.69) is 25.8 Å². The van der Waals surface area contributed by atoms with E-state index in [9.17, 15) is 27.2 Å². The molecule has 1 N–H and O–H groups in total. The van der Waals surface area contributed by atoms with Gasteiger partial charge in [-0.15, -0.1) is 5.10 Å². The summed E-state index contributed by atoms with van der Waals surface area (Å²) < 4.78 is 54.4. The lowest BCUT2D eigenvalue weighted by molar-refractivity contribution is -0.138. The Bertz CT molecular complexity index is 1320. The molecule has 37 heavy (non-hydrogen) atoms. The summed E-state index contributed by atoms with van der Waals surface area (Å²) in [5.74, 6) is -0.994. The smallest absolute Gasteiger partial charge is 0.320 e. The van der Waals surface area contributed by atoms with Crippen LogP contribution < -0.4 is 5.32 Å². The van der Waals surface area contributed by atoms with Gasteiger partial charge in [0.25, 0.3) is 5.91 Å². The molecule has 0 fully saturated rings. The third-order valence-electron chi connectivity index (χ3n) is 5.76. The fourth-order valence-electron chi connectivity index (χ4n) is 4.02. The molecule has 0 unspecified atom stereocenters. The van der Waals surface area contributed by atoms with Gasteiger partial charge in [-0.1, -0.05) is 6.07 Å². The first-order valence-corrected chi connectivity index (χ1v) is 11.4. The second kappa shape index (κ2) is 10.1. The van der Waals surface area contributed by atoms with Crippen LogP contribution in [0.3, 0.4) is 0 Å². The summed E-state index contributed by atoms with van der Waals surface area (Å²) in [6.45, 7) is 2.48. The van der Waals surface area contributed by atoms with Gasteiger partial charge in [-0.3, -0.25) is 4.79 Å². The normalized spacial score (nSPS) is 13.5. The summed E-state index contributed by atoms with van der Waals surface area (Å²) in [6.07, 6.45) is -4.28. The summed E-state index contributed by atoms with van der Waals surface area (Å²) in [5, 5.41) is 14.1. The van der Waals surface area contributed by atoms with E-state index in [1.807, 2.05) is 13.8 Å². The zero-order chi connectivity index (χ0) is 26.9. The minimum Gasteiger partial charge on any atom is -0.320 e. The molecule has 4 rings (SSSR count). The Balaban J connectivity index is 1.52. The number of urea groups is 1. The van der Waals surface area contributed by atoms with E-state index in [1.54, 1.807) is 16.8 Å². The number of tetrazole rings is 1. The molecule has 3 heterocycles. The highest BCUT2D eigenvalue weighted by Crippen LogP contribution is 2.25. The van der Waals surface area contributed by atoms with Gasteiger partial charge < -0.3 is 15.1 Å². The monoisotopic (exact) mass is 520 g/mol. The maximum atomic E-state index is 14.8. The first-order valence-electron chi connectivity index (χ1n) is 11.4. The molecule has 1 aromatic carbocycles. The van der Waals surface area contributed by atoms with Crippen LogP contribution in [0.25, 0.3) is 11.5 Å². The van der Waals surface area contributed by atoms with E-state index < -0.39 is 30.5 Å². The molecular weight excluding hydrogens is 496 g/mol. The van der Waals surface area contributed by atoms with Crippen molar-refractivity contribution in [2.75, 3.05) is 25.5 Å². The SMILES string of the molecule is CC(C)n1nnnc1-c1cccc(NC(=O)c2cc3c(cc2F)CCN(C(=O)N(C)CC(F)(F)F)C3)n1. The number of nitrogens with one attached hydrogen (secondary N) is 1. The average molecular weight is 520 g/mol. The number of benzene rings is 1. The molecule has 196 valence electrons. The average Bonchev–Trinajstić information content (AvgIpc) is 3.32. The van der Waals surface area contributed by atoms with Crippen LogP contribution in [-0.2, 0) is 13.0 Å². The largest absolute Gasteiger partial charge is 0.406 e. The van der Waals surface area contributed by atoms with Crippen molar-refractivity contribution in [1.82, 2.24) is 35.0 Å². The van der Waals surface area contributed by atoms with Crippen molar-refractivity contribution in [3.63, 3.8) is 0 Å². The fraction of sp³-hybridized carbons (Fsp3) is 0.391. The second-order valence-corrected chi connectivity index (χ2v) is 8.93. The standard InChI is InChI=1S/C23H24F4N8O2/c1-13(2)35-20(30-31-32-35)18-5-4-6-19(28-18)29-21(36)16-9-15-11-34(8-7-14(15)10-17(16)24)22(37)33(3)12-23(25,26)27/h4-6,9-10,13H,7-8,11-12H2,1-3H3,(H,28,29,36). The molecular formula is C23H24F4N8O2. The zero-order valence-corrected chi connectivity index (χ0v) is 20.3. The van der Waals surface area contributed by atoms with Gasteiger partial charge in [0.1, 0.15) is 23.9 Å². The Morgan fingerprint density at radius 1 is 1.19 bits per heavy atom. The molecule has 3 aromatic rings. The highest BCUT2D eigenvalue weighted by molar-refractivity contribution is 6.04. The number of anilines is 1. The third kappa shape index (κ3) is 5.84. The van der Waals surface area contributed by atoms with Crippen LogP contribution >= 0.6 is 0 Å². The van der Waals surface area contributed by atoms with Crippen molar-refractivity contribution in [2.45, 2.75) is 39.0 Å². The Morgan fingerprint density at radius 3 is 2.65 bits per heavy atom. The van der Waals surface area contributed by atoms with Crippen LogP contribution in [0, 0.1) is 5.82 Å². The maximum Gasteiger partial charge on any atom is 0.406 e. The number of aromatic nitrogens is 5. The minimum absolute atomic E-state index is 0.0330. The van der Waals surface area contributed by atoms with Gasteiger partial charge in [-0.05, 0) is 66.1 Å². The number of hydrogen-bond donors (Lipinski definition) is 1. The van der Waals surface area contributed by atoms with Gasteiger partial charge in [0.05, 0.1) is 11.6 Å². The molecule has 1 aliphatic rings. The summed E-state index contributed by atoms with van der Waals surface area (Å²) in [4.78, 5) is 31.6. The molecule has 0 bridgehead atoms. The first-order chi connectivity index (χ1) is 17.4.